The molecule has 0 atom stereocenters. The van der Waals surface area contributed by atoms with E-state index in [1.54, 1.807) is 6.92 Å². The fourth-order valence-corrected chi connectivity index (χ4v) is 3.16. The van der Waals surface area contributed by atoms with Crippen molar-refractivity contribution in [2.24, 2.45) is 5.14 Å². The number of sulfonamides is 1. The average Bonchev–Trinajstić information content (AvgIpc) is 2.76. The highest BCUT2D eigenvalue weighted by Gasteiger charge is 2.14. The Bertz CT molecular complexity index is 764. The van der Waals surface area contributed by atoms with Crippen molar-refractivity contribution in [3.63, 3.8) is 0 Å². The number of benzene rings is 1. The van der Waals surface area contributed by atoms with Crippen LogP contribution < -0.4 is 10.5 Å². The van der Waals surface area contributed by atoms with Crippen LogP contribution in [0.2, 0.25) is 0 Å². The third kappa shape index (κ3) is 3.06. The summed E-state index contributed by atoms with van der Waals surface area (Å²) in [6.07, 6.45) is 0. The van der Waals surface area contributed by atoms with Crippen LogP contribution in [0.1, 0.15) is 20.8 Å². The van der Waals surface area contributed by atoms with E-state index in [0.29, 0.717) is 16.1 Å². The van der Waals surface area contributed by atoms with Crippen molar-refractivity contribution in [3.05, 3.63) is 45.6 Å². The summed E-state index contributed by atoms with van der Waals surface area (Å²) >= 11 is 1.36. The normalized spacial score (nSPS) is 11.3. The molecule has 0 aliphatic rings. The summed E-state index contributed by atoms with van der Waals surface area (Å²) in [6, 6.07) is 6.22. The molecule has 0 fully saturated rings. The molecule has 106 valence electrons. The van der Waals surface area contributed by atoms with Crippen molar-refractivity contribution in [1.82, 2.24) is 0 Å². The van der Waals surface area contributed by atoms with Crippen molar-refractivity contribution in [2.45, 2.75) is 18.7 Å². The number of hydrogen-bond acceptors (Lipinski definition) is 4. The lowest BCUT2D eigenvalue weighted by molar-refractivity contribution is 0.103. The number of carbonyl (C=O) groups excluding carboxylic acids is 1. The number of primary sulfonamides is 1. The third-order valence-corrected chi connectivity index (χ3v) is 4.77. The van der Waals surface area contributed by atoms with Gasteiger partial charge in [-0.2, -0.15) is 0 Å². The number of aryl methyl sites for hydroxylation is 2. The lowest BCUT2D eigenvalue weighted by Crippen LogP contribution is -2.14. The molecule has 0 aliphatic carbocycles. The number of nitrogens with one attached hydrogen (secondary N) is 1. The van der Waals surface area contributed by atoms with E-state index in [4.69, 9.17) is 5.14 Å². The Kier molecular flexibility index (Phi) is 3.94. The Balaban J connectivity index is 2.27. The third-order valence-electron chi connectivity index (χ3n) is 2.84. The molecule has 0 radical (unpaired) electrons. The summed E-state index contributed by atoms with van der Waals surface area (Å²) in [5.41, 5.74) is 2.11. The van der Waals surface area contributed by atoms with Gasteiger partial charge in [0.1, 0.15) is 0 Å². The largest absolute Gasteiger partial charge is 0.321 e. The molecule has 1 heterocycles. The second kappa shape index (κ2) is 5.35. The first kappa shape index (κ1) is 14.7. The molecule has 0 spiro atoms. The van der Waals surface area contributed by atoms with E-state index in [1.807, 2.05) is 18.4 Å². The highest BCUT2D eigenvalue weighted by molar-refractivity contribution is 7.89. The Morgan fingerprint density at radius 2 is 1.90 bits per heavy atom. The van der Waals surface area contributed by atoms with E-state index in [1.165, 1.54) is 29.5 Å². The number of anilines is 1. The number of nitrogens with two attached hydrogens (primary N) is 1. The molecule has 0 bridgehead atoms. The van der Waals surface area contributed by atoms with Gasteiger partial charge in [-0.3, -0.25) is 4.79 Å². The number of amides is 1. The summed E-state index contributed by atoms with van der Waals surface area (Å²) in [5, 5.41) is 9.68. The predicted octanol–water partition coefficient (Wildman–Crippen LogP) is 2.26. The minimum atomic E-state index is -3.73. The molecule has 1 amide bonds. The van der Waals surface area contributed by atoms with E-state index in [9.17, 15) is 13.2 Å². The summed E-state index contributed by atoms with van der Waals surface area (Å²) < 4.78 is 22.5. The highest BCUT2D eigenvalue weighted by atomic mass is 32.2. The zero-order valence-corrected chi connectivity index (χ0v) is 12.6. The van der Waals surface area contributed by atoms with Gasteiger partial charge < -0.3 is 5.32 Å². The maximum Gasteiger partial charge on any atom is 0.266 e. The van der Waals surface area contributed by atoms with Crippen LogP contribution >= 0.6 is 11.3 Å². The molecular formula is C13H14N2O3S2. The first-order chi connectivity index (χ1) is 9.29. The van der Waals surface area contributed by atoms with Gasteiger partial charge in [-0.05, 0) is 54.6 Å². The maximum absolute atomic E-state index is 12.1. The van der Waals surface area contributed by atoms with Gasteiger partial charge >= 0.3 is 0 Å². The van der Waals surface area contributed by atoms with Crippen LogP contribution in [-0.4, -0.2) is 14.3 Å². The lowest BCUT2D eigenvalue weighted by atomic mass is 10.2. The van der Waals surface area contributed by atoms with E-state index in [2.05, 4.69) is 5.32 Å². The molecule has 2 rings (SSSR count). The van der Waals surface area contributed by atoms with Gasteiger partial charge in [-0.1, -0.05) is 0 Å². The van der Waals surface area contributed by atoms with Crippen molar-refractivity contribution in [1.29, 1.82) is 0 Å². The zero-order chi connectivity index (χ0) is 14.9. The Morgan fingerprint density at radius 1 is 1.20 bits per heavy atom. The van der Waals surface area contributed by atoms with Crippen LogP contribution in [0.25, 0.3) is 0 Å². The second-order valence-electron chi connectivity index (χ2n) is 4.41. The molecule has 1 aromatic heterocycles. The van der Waals surface area contributed by atoms with Crippen molar-refractivity contribution < 1.29 is 13.2 Å². The summed E-state index contributed by atoms with van der Waals surface area (Å²) in [6.45, 7) is 3.58. The highest BCUT2D eigenvalue weighted by Crippen LogP contribution is 2.22. The average molecular weight is 310 g/mol. The monoisotopic (exact) mass is 310 g/mol. The lowest BCUT2D eigenvalue weighted by Gasteiger charge is -2.09. The minimum absolute atomic E-state index is 0.0281. The van der Waals surface area contributed by atoms with E-state index in [-0.39, 0.29) is 10.8 Å². The van der Waals surface area contributed by atoms with Gasteiger partial charge in [-0.25, -0.2) is 13.6 Å². The molecule has 0 unspecified atom stereocenters. The quantitative estimate of drug-likeness (QED) is 0.911. The van der Waals surface area contributed by atoms with Crippen LogP contribution in [0.4, 0.5) is 5.69 Å². The Labute approximate surface area is 121 Å². The van der Waals surface area contributed by atoms with Gasteiger partial charge in [0.15, 0.2) is 0 Å². The number of thiophene rings is 1. The van der Waals surface area contributed by atoms with Crippen LogP contribution in [-0.2, 0) is 10.0 Å². The van der Waals surface area contributed by atoms with Crippen LogP contribution in [0.15, 0.2) is 34.5 Å². The van der Waals surface area contributed by atoms with Gasteiger partial charge in [-0.15, -0.1) is 11.3 Å². The van der Waals surface area contributed by atoms with Gasteiger partial charge in [0.2, 0.25) is 10.0 Å². The van der Waals surface area contributed by atoms with Crippen LogP contribution in [0.5, 0.6) is 0 Å². The van der Waals surface area contributed by atoms with E-state index in [0.717, 1.165) is 5.56 Å². The molecular weight excluding hydrogens is 296 g/mol. The molecule has 1 aromatic carbocycles. The van der Waals surface area contributed by atoms with Crippen LogP contribution in [0, 0.1) is 13.8 Å². The molecule has 7 heteroatoms. The minimum Gasteiger partial charge on any atom is -0.321 e. The molecule has 20 heavy (non-hydrogen) atoms. The molecule has 3 N–H and O–H groups in total. The Morgan fingerprint density at radius 3 is 2.40 bits per heavy atom. The second-order valence-corrected chi connectivity index (χ2v) is 6.89. The number of carbonyl (C=O) groups is 1. The first-order valence-corrected chi connectivity index (χ1v) is 8.20. The summed E-state index contributed by atoms with van der Waals surface area (Å²) in [5.74, 6) is -0.205. The summed E-state index contributed by atoms with van der Waals surface area (Å²) in [4.78, 5) is 12.8. The van der Waals surface area contributed by atoms with Crippen molar-refractivity contribution in [3.8, 4) is 0 Å². The Hall–Kier alpha value is -1.70. The fraction of sp³-hybridized carbons (Fsp3) is 0.154. The van der Waals surface area contributed by atoms with Gasteiger partial charge in [0.25, 0.3) is 5.91 Å². The standard InChI is InChI=1S/C13H14N2O3S2/c1-8-5-6-19-12(8)13(16)15-11-4-3-10(7-9(11)2)20(14,17)18/h3-7H,1-2H3,(H,15,16)(H2,14,17,18). The summed E-state index contributed by atoms with van der Waals surface area (Å²) in [7, 11) is -3.73. The van der Waals surface area contributed by atoms with Crippen molar-refractivity contribution in [2.75, 3.05) is 5.32 Å². The first-order valence-electron chi connectivity index (χ1n) is 5.78. The van der Waals surface area contributed by atoms with E-state index < -0.39 is 10.0 Å². The van der Waals surface area contributed by atoms with Gasteiger partial charge in [0.05, 0.1) is 9.77 Å². The van der Waals surface area contributed by atoms with Gasteiger partial charge in [0, 0.05) is 5.69 Å². The predicted molar refractivity (Wildman–Crippen MR) is 79.6 cm³/mol. The zero-order valence-electron chi connectivity index (χ0n) is 11.0. The molecule has 0 saturated heterocycles. The fourth-order valence-electron chi connectivity index (χ4n) is 1.74. The van der Waals surface area contributed by atoms with Crippen LogP contribution in [0.3, 0.4) is 0 Å². The van der Waals surface area contributed by atoms with E-state index >= 15 is 0 Å². The van der Waals surface area contributed by atoms with Crippen molar-refractivity contribution >= 4 is 33.0 Å². The molecule has 2 aromatic rings. The molecule has 0 saturated carbocycles. The maximum atomic E-state index is 12.1. The molecule has 0 aliphatic heterocycles. The number of rotatable bonds is 3. The smallest absolute Gasteiger partial charge is 0.266 e. The number of hydrogen-bond donors (Lipinski definition) is 2. The topological polar surface area (TPSA) is 89.3 Å². The molecule has 5 nitrogen and oxygen atoms in total. The SMILES string of the molecule is Cc1cc(S(N)(=O)=O)ccc1NC(=O)c1sccc1C.